The van der Waals surface area contributed by atoms with E-state index >= 15 is 0 Å². The van der Waals surface area contributed by atoms with Crippen LogP contribution < -0.4 is 20.7 Å². The Bertz CT molecular complexity index is 1420. The van der Waals surface area contributed by atoms with Crippen molar-refractivity contribution >= 4 is 29.6 Å². The molecule has 1 saturated heterocycles. The molecule has 0 aliphatic carbocycles. The number of nitrogens with zero attached hydrogens (tertiary/aromatic N) is 6. The fourth-order valence-electron chi connectivity index (χ4n) is 4.69. The van der Waals surface area contributed by atoms with E-state index in [1.165, 1.54) is 6.33 Å². The second-order valence-corrected chi connectivity index (χ2v) is 9.65. The Kier molecular flexibility index (Phi) is 8.36. The summed E-state index contributed by atoms with van der Waals surface area (Å²) < 4.78 is 46.1. The number of anilines is 3. The lowest BCUT2D eigenvalue weighted by molar-refractivity contribution is -0.165. The molecule has 0 amide bonds. The van der Waals surface area contributed by atoms with E-state index in [0.29, 0.717) is 35.3 Å². The highest BCUT2D eigenvalue weighted by molar-refractivity contribution is 5.92. The smallest absolute Gasteiger partial charge is 0.405 e. The Hall–Kier alpha value is -4.23. The van der Waals surface area contributed by atoms with Crippen LogP contribution in [-0.2, 0) is 0 Å². The summed E-state index contributed by atoms with van der Waals surface area (Å²) in [5.41, 5.74) is 3.70. The molecule has 3 N–H and O–H groups in total. The van der Waals surface area contributed by atoms with E-state index in [1.807, 2.05) is 50.4 Å². The zero-order valence-electron chi connectivity index (χ0n) is 23.0. The molecule has 2 atom stereocenters. The summed E-state index contributed by atoms with van der Waals surface area (Å²) in [6, 6.07) is 4.07. The number of rotatable bonds is 7. The summed E-state index contributed by atoms with van der Waals surface area (Å²) in [7, 11) is 0. The fourth-order valence-corrected chi connectivity index (χ4v) is 4.69. The van der Waals surface area contributed by atoms with Gasteiger partial charge in [-0.1, -0.05) is 13.0 Å². The second kappa shape index (κ2) is 12.1. The fraction of sp³-hybridized carbons (Fsp3) is 0.357. The minimum absolute atomic E-state index is 0.211. The van der Waals surface area contributed by atoms with E-state index in [1.54, 1.807) is 22.3 Å². The van der Waals surface area contributed by atoms with Crippen LogP contribution in [0.4, 0.5) is 30.4 Å². The monoisotopic (exact) mass is 567 g/mol. The zero-order chi connectivity index (χ0) is 29.0. The number of ether oxygens (including phenoxy) is 1. The maximum absolute atomic E-state index is 13.3. The van der Waals surface area contributed by atoms with Crippen LogP contribution in [0.15, 0.2) is 70.5 Å². The van der Waals surface area contributed by atoms with Crippen molar-refractivity contribution in [3.05, 3.63) is 71.7 Å². The number of fused-ring (bicyclic) bond motifs is 1. The molecule has 10 nitrogen and oxygen atoms in total. The van der Waals surface area contributed by atoms with Crippen molar-refractivity contribution in [2.24, 2.45) is 10.1 Å². The molecule has 2 unspecified atom stereocenters. The first-order chi connectivity index (χ1) is 19.7. The van der Waals surface area contributed by atoms with Crippen molar-refractivity contribution in [3.8, 4) is 5.75 Å². The molecular formula is C28H32F3N9O. The average Bonchev–Trinajstić information content (AvgIpc) is 2.96. The van der Waals surface area contributed by atoms with Gasteiger partial charge in [0.15, 0.2) is 12.1 Å². The average molecular weight is 568 g/mol. The van der Waals surface area contributed by atoms with Crippen LogP contribution in [0, 0.1) is 6.92 Å². The van der Waals surface area contributed by atoms with Crippen molar-refractivity contribution in [3.63, 3.8) is 0 Å². The van der Waals surface area contributed by atoms with Gasteiger partial charge >= 0.3 is 6.18 Å². The van der Waals surface area contributed by atoms with Crippen molar-refractivity contribution < 1.29 is 17.9 Å². The van der Waals surface area contributed by atoms with Gasteiger partial charge in [-0.25, -0.2) is 15.0 Å². The number of nitrogens with one attached hydrogen (secondary N) is 3. The van der Waals surface area contributed by atoms with Gasteiger partial charge in [-0.15, -0.1) is 0 Å². The van der Waals surface area contributed by atoms with Gasteiger partial charge in [-0.05, 0) is 50.1 Å². The highest BCUT2D eigenvalue weighted by Gasteiger charge is 2.43. The van der Waals surface area contributed by atoms with E-state index in [4.69, 9.17) is 4.74 Å². The standard InChI is InChI=1S/C28H32F3N9O/c1-4-6-20-14-21(9-11-40(20)36-5-2)41-23-8-7-19(13-18(23)3)37-26-25-22(34-17-35-26)15-33-27(38-25)39-12-10-32-24(16-39)28(29,30)31/h5-9,11,13-15,17,24,27,32,38H,4,10,12,16H2,1-3H3,(H,34,35,37)/b20-6-,36-5-. The Morgan fingerprint density at radius 3 is 2.88 bits per heavy atom. The van der Waals surface area contributed by atoms with Crippen LogP contribution in [-0.4, -0.2) is 70.4 Å². The maximum Gasteiger partial charge on any atom is 0.405 e. The van der Waals surface area contributed by atoms with Gasteiger partial charge in [-0.2, -0.15) is 18.3 Å². The molecule has 0 saturated carbocycles. The number of allylic oxidation sites excluding steroid dienone is 3. The minimum atomic E-state index is -4.33. The molecule has 4 heterocycles. The van der Waals surface area contributed by atoms with Gasteiger partial charge in [0, 0.05) is 43.8 Å². The molecule has 216 valence electrons. The molecular weight excluding hydrogens is 535 g/mol. The van der Waals surface area contributed by atoms with Crippen LogP contribution in [0.2, 0.25) is 0 Å². The molecule has 1 aromatic heterocycles. The van der Waals surface area contributed by atoms with Crippen LogP contribution in [0.25, 0.3) is 0 Å². The van der Waals surface area contributed by atoms with E-state index in [0.717, 1.165) is 23.4 Å². The molecule has 0 bridgehead atoms. The molecule has 3 aliphatic heterocycles. The summed E-state index contributed by atoms with van der Waals surface area (Å²) in [5, 5.41) is 15.2. The van der Waals surface area contributed by atoms with E-state index in [-0.39, 0.29) is 13.1 Å². The van der Waals surface area contributed by atoms with Gasteiger partial charge in [0.05, 0.1) is 11.9 Å². The third-order valence-corrected chi connectivity index (χ3v) is 6.69. The SMILES string of the molecule is C/C=N\N1C=CC(Oc2ccc(Nc3ncnc4c3NC(N3CCNC(C(F)(F)F)C3)N=C4)cc2C)=C/C1=C/CC. The summed E-state index contributed by atoms with van der Waals surface area (Å²) in [4.78, 5) is 14.7. The number of aryl methyl sites for hydroxylation is 1. The molecule has 0 radical (unpaired) electrons. The quantitative estimate of drug-likeness (QED) is 0.407. The van der Waals surface area contributed by atoms with Gasteiger partial charge in [0.1, 0.15) is 35.3 Å². The predicted molar refractivity (Wildman–Crippen MR) is 153 cm³/mol. The van der Waals surface area contributed by atoms with Gasteiger partial charge < -0.3 is 20.7 Å². The van der Waals surface area contributed by atoms with Gasteiger partial charge in [-0.3, -0.25) is 9.89 Å². The molecule has 13 heteroatoms. The highest BCUT2D eigenvalue weighted by Crippen LogP contribution is 2.32. The molecule has 5 rings (SSSR count). The molecule has 2 aromatic rings. The van der Waals surface area contributed by atoms with Crippen LogP contribution in [0.1, 0.15) is 31.5 Å². The van der Waals surface area contributed by atoms with Gasteiger partial charge in [0.25, 0.3) is 0 Å². The summed E-state index contributed by atoms with van der Waals surface area (Å²) in [5.74, 6) is 1.88. The molecule has 41 heavy (non-hydrogen) atoms. The summed E-state index contributed by atoms with van der Waals surface area (Å²) in [6.45, 7) is 6.29. The second-order valence-electron chi connectivity index (χ2n) is 9.65. The van der Waals surface area contributed by atoms with Crippen molar-refractivity contribution in [1.82, 2.24) is 25.2 Å². The van der Waals surface area contributed by atoms with Crippen LogP contribution >= 0.6 is 0 Å². The number of aromatic nitrogens is 2. The van der Waals surface area contributed by atoms with E-state index in [2.05, 4.69) is 49.0 Å². The minimum Gasteiger partial charge on any atom is -0.457 e. The summed E-state index contributed by atoms with van der Waals surface area (Å²) >= 11 is 0. The Balaban J connectivity index is 1.29. The van der Waals surface area contributed by atoms with Crippen molar-refractivity contribution in [1.29, 1.82) is 0 Å². The number of aliphatic imine (C=N–C) groups is 1. The topological polar surface area (TPSA) is 102 Å². The van der Waals surface area contributed by atoms with Gasteiger partial charge in [0.2, 0.25) is 0 Å². The lowest BCUT2D eigenvalue weighted by Gasteiger charge is -2.39. The largest absolute Gasteiger partial charge is 0.457 e. The number of piperazine rings is 1. The molecule has 1 aromatic carbocycles. The number of benzene rings is 1. The van der Waals surface area contributed by atoms with Crippen LogP contribution in [0.5, 0.6) is 5.75 Å². The first kappa shape index (κ1) is 28.3. The Morgan fingerprint density at radius 2 is 2.12 bits per heavy atom. The zero-order valence-corrected chi connectivity index (χ0v) is 23.0. The number of hydrazone groups is 1. The highest BCUT2D eigenvalue weighted by atomic mass is 19.4. The van der Waals surface area contributed by atoms with Crippen molar-refractivity contribution in [2.75, 3.05) is 30.3 Å². The Morgan fingerprint density at radius 1 is 1.27 bits per heavy atom. The molecule has 1 fully saturated rings. The number of hydrogen-bond donors (Lipinski definition) is 3. The lowest BCUT2D eigenvalue weighted by Crippen LogP contribution is -2.60. The van der Waals surface area contributed by atoms with Crippen molar-refractivity contribution in [2.45, 2.75) is 45.7 Å². The predicted octanol–water partition coefficient (Wildman–Crippen LogP) is 4.88. The first-order valence-electron chi connectivity index (χ1n) is 13.4. The normalized spacial score (nSPS) is 22.0. The van der Waals surface area contributed by atoms with E-state index < -0.39 is 18.5 Å². The number of halogens is 3. The lowest BCUT2D eigenvalue weighted by atomic mass is 10.2. The molecule has 0 spiro atoms. The first-order valence-corrected chi connectivity index (χ1v) is 13.4. The Labute approximate surface area is 236 Å². The number of hydrogen-bond acceptors (Lipinski definition) is 10. The summed E-state index contributed by atoms with van der Waals surface area (Å²) in [6.07, 6.45) is 8.30. The van der Waals surface area contributed by atoms with Crippen LogP contribution in [0.3, 0.4) is 0 Å². The third kappa shape index (κ3) is 6.57. The molecule has 3 aliphatic rings. The third-order valence-electron chi connectivity index (χ3n) is 6.69. The number of alkyl halides is 3. The van der Waals surface area contributed by atoms with E-state index in [9.17, 15) is 13.2 Å². The maximum atomic E-state index is 13.3.